The predicted octanol–water partition coefficient (Wildman–Crippen LogP) is 5.47. The van der Waals surface area contributed by atoms with Crippen molar-refractivity contribution in [1.29, 1.82) is 0 Å². The van der Waals surface area contributed by atoms with E-state index in [0.717, 1.165) is 22.2 Å². The average Bonchev–Trinajstić information content (AvgIpc) is 2.92. The maximum Gasteiger partial charge on any atom is 0.287 e. The van der Waals surface area contributed by atoms with Gasteiger partial charge in [0.05, 0.1) is 0 Å². The lowest BCUT2D eigenvalue weighted by molar-refractivity contribution is -0.119. The molecule has 27 heavy (non-hydrogen) atoms. The number of benzene rings is 2. The van der Waals surface area contributed by atoms with Gasteiger partial charge in [0.15, 0.2) is 4.08 Å². The van der Waals surface area contributed by atoms with E-state index in [9.17, 15) is 14.0 Å². The summed E-state index contributed by atoms with van der Waals surface area (Å²) in [6, 6.07) is 13.2. The standard InChI is InChI=1S/C20H15ClFNO2S2/c21-15-7-5-14(6-8-15)4-2-1-3-13-20(18(24)23-19(25)27-20)26-17-11-9-16(22)10-12-17/h5-12H,1,3,13H2,(H,23,24,25). The highest BCUT2D eigenvalue weighted by Gasteiger charge is 2.48. The van der Waals surface area contributed by atoms with Crippen LogP contribution in [0.15, 0.2) is 53.4 Å². The molecule has 138 valence electrons. The van der Waals surface area contributed by atoms with Crippen LogP contribution in [0.3, 0.4) is 0 Å². The number of hydrogen-bond donors (Lipinski definition) is 1. The Balaban J connectivity index is 1.64. The second-order valence-electron chi connectivity index (χ2n) is 5.81. The molecule has 1 unspecified atom stereocenters. The number of nitrogens with one attached hydrogen (secondary N) is 1. The quantitative estimate of drug-likeness (QED) is 0.515. The van der Waals surface area contributed by atoms with E-state index in [-0.39, 0.29) is 17.0 Å². The van der Waals surface area contributed by atoms with E-state index >= 15 is 0 Å². The third-order valence-corrected chi connectivity index (χ3v) is 6.79. The SMILES string of the molecule is O=C1NC(=O)C(CCCC#Cc2ccc(Cl)cc2)(Sc2ccc(F)cc2)S1. The topological polar surface area (TPSA) is 46.2 Å². The van der Waals surface area contributed by atoms with E-state index in [2.05, 4.69) is 17.2 Å². The lowest BCUT2D eigenvalue weighted by Gasteiger charge is -2.23. The van der Waals surface area contributed by atoms with Crippen LogP contribution in [0.4, 0.5) is 9.18 Å². The third-order valence-electron chi connectivity index (χ3n) is 3.80. The van der Waals surface area contributed by atoms with E-state index < -0.39 is 4.08 Å². The first-order valence-corrected chi connectivity index (χ1v) is 10.2. The van der Waals surface area contributed by atoms with Crippen molar-refractivity contribution in [2.45, 2.75) is 28.2 Å². The molecule has 1 saturated heterocycles. The molecule has 1 fully saturated rings. The fourth-order valence-corrected chi connectivity index (χ4v) is 5.18. The Bertz CT molecular complexity index is 906. The molecule has 2 aromatic carbocycles. The zero-order valence-electron chi connectivity index (χ0n) is 14.1. The predicted molar refractivity (Wildman–Crippen MR) is 108 cm³/mol. The van der Waals surface area contributed by atoms with E-state index in [4.69, 9.17) is 11.6 Å². The lowest BCUT2D eigenvalue weighted by Crippen LogP contribution is -2.33. The van der Waals surface area contributed by atoms with Crippen LogP contribution in [0, 0.1) is 17.7 Å². The van der Waals surface area contributed by atoms with Crippen LogP contribution in [0.25, 0.3) is 0 Å². The Morgan fingerprint density at radius 2 is 1.81 bits per heavy atom. The minimum Gasteiger partial charge on any atom is -0.285 e. The molecule has 1 N–H and O–H groups in total. The van der Waals surface area contributed by atoms with Crippen molar-refractivity contribution in [3.05, 3.63) is 64.9 Å². The summed E-state index contributed by atoms with van der Waals surface area (Å²) in [5.41, 5.74) is 0.873. The second kappa shape index (κ2) is 8.83. The molecule has 0 saturated carbocycles. The van der Waals surface area contributed by atoms with E-state index in [0.29, 0.717) is 24.3 Å². The van der Waals surface area contributed by atoms with Gasteiger partial charge >= 0.3 is 0 Å². The monoisotopic (exact) mass is 419 g/mol. The molecule has 0 aromatic heterocycles. The summed E-state index contributed by atoms with van der Waals surface area (Å²) in [4.78, 5) is 24.9. The summed E-state index contributed by atoms with van der Waals surface area (Å²) in [6.45, 7) is 0. The van der Waals surface area contributed by atoms with Crippen molar-refractivity contribution in [3.8, 4) is 11.8 Å². The third kappa shape index (κ3) is 5.29. The molecule has 2 aromatic rings. The highest BCUT2D eigenvalue weighted by atomic mass is 35.5. The largest absolute Gasteiger partial charge is 0.287 e. The van der Waals surface area contributed by atoms with Gasteiger partial charge in [0.2, 0.25) is 0 Å². The van der Waals surface area contributed by atoms with Crippen molar-refractivity contribution in [3.63, 3.8) is 0 Å². The molecule has 0 bridgehead atoms. The highest BCUT2D eigenvalue weighted by Crippen LogP contribution is 2.49. The molecular formula is C20H15ClFNO2S2. The van der Waals surface area contributed by atoms with Gasteiger partial charge in [0.1, 0.15) is 5.82 Å². The molecule has 0 spiro atoms. The van der Waals surface area contributed by atoms with Crippen molar-refractivity contribution in [2.24, 2.45) is 0 Å². The van der Waals surface area contributed by atoms with Crippen LogP contribution in [-0.2, 0) is 4.79 Å². The Morgan fingerprint density at radius 3 is 2.44 bits per heavy atom. The molecule has 3 rings (SSSR count). The molecule has 0 aliphatic carbocycles. The van der Waals surface area contributed by atoms with Gasteiger partial charge in [-0.05, 0) is 73.1 Å². The number of hydrogen-bond acceptors (Lipinski definition) is 4. The summed E-state index contributed by atoms with van der Waals surface area (Å²) < 4.78 is 12.2. The second-order valence-corrected chi connectivity index (χ2v) is 9.15. The highest BCUT2D eigenvalue weighted by molar-refractivity contribution is 8.27. The van der Waals surface area contributed by atoms with Crippen LogP contribution in [0.5, 0.6) is 0 Å². The zero-order chi connectivity index (χ0) is 19.3. The number of carbonyl (C=O) groups excluding carboxylic acids is 2. The Kier molecular flexibility index (Phi) is 6.48. The number of carbonyl (C=O) groups is 2. The van der Waals surface area contributed by atoms with Crippen LogP contribution in [0.1, 0.15) is 24.8 Å². The first-order chi connectivity index (χ1) is 13.0. The number of rotatable bonds is 5. The van der Waals surface area contributed by atoms with Gasteiger partial charge in [-0.1, -0.05) is 35.2 Å². The number of unbranched alkanes of at least 4 members (excludes halogenated alkanes) is 1. The Labute approximate surface area is 170 Å². The van der Waals surface area contributed by atoms with Crippen LogP contribution in [0.2, 0.25) is 5.02 Å². The van der Waals surface area contributed by atoms with Gasteiger partial charge in [-0.2, -0.15) is 0 Å². The summed E-state index contributed by atoms with van der Waals surface area (Å²) in [7, 11) is 0. The van der Waals surface area contributed by atoms with Gasteiger partial charge in [-0.3, -0.25) is 14.9 Å². The first-order valence-electron chi connectivity index (χ1n) is 8.20. The van der Waals surface area contributed by atoms with Crippen LogP contribution in [-0.4, -0.2) is 15.2 Å². The summed E-state index contributed by atoms with van der Waals surface area (Å²) in [5, 5.41) is 2.65. The number of amides is 2. The molecule has 7 heteroatoms. The lowest BCUT2D eigenvalue weighted by atomic mass is 10.1. The Morgan fingerprint density at radius 1 is 1.11 bits per heavy atom. The molecule has 1 heterocycles. The summed E-state index contributed by atoms with van der Waals surface area (Å²) >= 11 is 8.10. The summed E-state index contributed by atoms with van der Waals surface area (Å²) in [6.07, 6.45) is 1.73. The van der Waals surface area contributed by atoms with E-state index in [1.807, 2.05) is 12.1 Å². The van der Waals surface area contributed by atoms with E-state index in [1.54, 1.807) is 24.3 Å². The van der Waals surface area contributed by atoms with Gasteiger partial charge in [-0.25, -0.2) is 4.39 Å². The van der Waals surface area contributed by atoms with Crippen LogP contribution >= 0.6 is 35.1 Å². The molecule has 2 amide bonds. The fourth-order valence-electron chi connectivity index (χ4n) is 2.49. The smallest absolute Gasteiger partial charge is 0.285 e. The molecular weight excluding hydrogens is 405 g/mol. The van der Waals surface area contributed by atoms with E-state index in [1.165, 1.54) is 23.9 Å². The molecule has 0 radical (unpaired) electrons. The van der Waals surface area contributed by atoms with Crippen molar-refractivity contribution >= 4 is 46.3 Å². The number of halogens is 2. The Hall–Kier alpha value is -1.94. The number of thioether (sulfide) groups is 2. The summed E-state index contributed by atoms with van der Waals surface area (Å²) in [5.74, 6) is 5.47. The maximum absolute atomic E-state index is 13.1. The fraction of sp³-hybridized carbons (Fsp3) is 0.200. The van der Waals surface area contributed by atoms with Gasteiger partial charge in [0, 0.05) is 21.9 Å². The molecule has 1 aliphatic rings. The van der Waals surface area contributed by atoms with Gasteiger partial charge in [-0.15, -0.1) is 0 Å². The normalized spacial score (nSPS) is 18.7. The molecule has 1 atom stereocenters. The minimum absolute atomic E-state index is 0.322. The molecule has 1 aliphatic heterocycles. The van der Waals surface area contributed by atoms with Crippen molar-refractivity contribution < 1.29 is 14.0 Å². The average molecular weight is 420 g/mol. The maximum atomic E-state index is 13.1. The minimum atomic E-state index is -0.948. The zero-order valence-corrected chi connectivity index (χ0v) is 16.5. The number of imide groups is 1. The van der Waals surface area contributed by atoms with Crippen molar-refractivity contribution in [1.82, 2.24) is 5.32 Å². The first kappa shape index (κ1) is 19.8. The van der Waals surface area contributed by atoms with Gasteiger partial charge in [0.25, 0.3) is 11.1 Å². The molecule has 3 nitrogen and oxygen atoms in total. The van der Waals surface area contributed by atoms with Crippen molar-refractivity contribution in [2.75, 3.05) is 0 Å². The van der Waals surface area contributed by atoms with Crippen LogP contribution < -0.4 is 5.32 Å². The van der Waals surface area contributed by atoms with Gasteiger partial charge < -0.3 is 0 Å².